The number of benzene rings is 3. The first kappa shape index (κ1) is 17.5. The predicted octanol–water partition coefficient (Wildman–Crippen LogP) is 3.61. The Bertz CT molecular complexity index is 915. The SMILES string of the molecule is CCNC(=O)COc1ccc(NC(=O)c2cccc3ccccc23)cc1. The largest absolute Gasteiger partial charge is 0.484 e. The van der Waals surface area contributed by atoms with Crippen molar-refractivity contribution in [1.82, 2.24) is 5.32 Å². The van der Waals surface area contributed by atoms with Crippen LogP contribution in [0.3, 0.4) is 0 Å². The van der Waals surface area contributed by atoms with Gasteiger partial charge in [0.05, 0.1) is 0 Å². The Hall–Kier alpha value is -3.34. The van der Waals surface area contributed by atoms with E-state index >= 15 is 0 Å². The van der Waals surface area contributed by atoms with Crippen LogP contribution < -0.4 is 15.4 Å². The van der Waals surface area contributed by atoms with Gasteiger partial charge in [-0.1, -0.05) is 36.4 Å². The molecular formula is C21H20N2O3. The van der Waals surface area contributed by atoms with Gasteiger partial charge in [-0.25, -0.2) is 0 Å². The molecule has 3 aromatic carbocycles. The van der Waals surface area contributed by atoms with Crippen LogP contribution in [0.4, 0.5) is 5.69 Å². The van der Waals surface area contributed by atoms with Crippen LogP contribution in [0.15, 0.2) is 66.7 Å². The summed E-state index contributed by atoms with van der Waals surface area (Å²) in [5.41, 5.74) is 1.29. The van der Waals surface area contributed by atoms with E-state index in [0.717, 1.165) is 10.8 Å². The molecule has 0 bridgehead atoms. The normalized spacial score (nSPS) is 10.3. The maximum Gasteiger partial charge on any atom is 0.257 e. The lowest BCUT2D eigenvalue weighted by molar-refractivity contribution is -0.122. The number of rotatable bonds is 6. The molecule has 0 aliphatic carbocycles. The highest BCUT2D eigenvalue weighted by atomic mass is 16.5. The van der Waals surface area contributed by atoms with Gasteiger partial charge in [0.15, 0.2) is 6.61 Å². The lowest BCUT2D eigenvalue weighted by atomic mass is 10.0. The molecule has 3 aromatic rings. The van der Waals surface area contributed by atoms with Crippen LogP contribution >= 0.6 is 0 Å². The van der Waals surface area contributed by atoms with Gasteiger partial charge in [0.25, 0.3) is 11.8 Å². The van der Waals surface area contributed by atoms with Gasteiger partial charge in [-0.15, -0.1) is 0 Å². The fraction of sp³-hybridized carbons (Fsp3) is 0.143. The van der Waals surface area contributed by atoms with Crippen LogP contribution in [0.25, 0.3) is 10.8 Å². The molecule has 2 amide bonds. The zero-order valence-corrected chi connectivity index (χ0v) is 14.5. The Morgan fingerprint density at radius 3 is 2.42 bits per heavy atom. The fourth-order valence-corrected chi connectivity index (χ4v) is 2.65. The van der Waals surface area contributed by atoms with E-state index in [1.807, 2.05) is 49.4 Å². The van der Waals surface area contributed by atoms with Crippen molar-refractivity contribution in [1.29, 1.82) is 0 Å². The Labute approximate surface area is 152 Å². The summed E-state index contributed by atoms with van der Waals surface area (Å²) < 4.78 is 5.40. The third-order valence-electron chi connectivity index (χ3n) is 3.89. The Balaban J connectivity index is 1.67. The molecule has 132 valence electrons. The second-order valence-corrected chi connectivity index (χ2v) is 5.75. The molecule has 0 aliphatic rings. The molecule has 0 aliphatic heterocycles. The molecule has 0 heterocycles. The molecule has 5 nitrogen and oxygen atoms in total. The molecule has 0 saturated carbocycles. The van der Waals surface area contributed by atoms with E-state index in [2.05, 4.69) is 10.6 Å². The Morgan fingerprint density at radius 1 is 0.923 bits per heavy atom. The minimum atomic E-state index is -0.169. The van der Waals surface area contributed by atoms with Crippen LogP contribution in [0.1, 0.15) is 17.3 Å². The van der Waals surface area contributed by atoms with E-state index in [9.17, 15) is 9.59 Å². The van der Waals surface area contributed by atoms with E-state index in [4.69, 9.17) is 4.74 Å². The van der Waals surface area contributed by atoms with Crippen LogP contribution in [-0.2, 0) is 4.79 Å². The maximum absolute atomic E-state index is 12.6. The maximum atomic E-state index is 12.6. The second kappa shape index (κ2) is 8.16. The zero-order valence-electron chi connectivity index (χ0n) is 14.5. The van der Waals surface area contributed by atoms with Crippen molar-refractivity contribution in [2.75, 3.05) is 18.5 Å². The molecule has 0 fully saturated rings. The summed E-state index contributed by atoms with van der Waals surface area (Å²) in [5, 5.41) is 7.49. The van der Waals surface area contributed by atoms with Crippen molar-refractivity contribution in [2.24, 2.45) is 0 Å². The van der Waals surface area contributed by atoms with Crippen molar-refractivity contribution < 1.29 is 14.3 Å². The first-order valence-corrected chi connectivity index (χ1v) is 8.46. The number of amides is 2. The zero-order chi connectivity index (χ0) is 18.4. The van der Waals surface area contributed by atoms with E-state index in [1.54, 1.807) is 24.3 Å². The van der Waals surface area contributed by atoms with Crippen LogP contribution in [-0.4, -0.2) is 25.0 Å². The second-order valence-electron chi connectivity index (χ2n) is 5.75. The summed E-state index contributed by atoms with van der Waals surface area (Å²) in [5.74, 6) is 0.234. The molecule has 0 unspecified atom stereocenters. The van der Waals surface area contributed by atoms with Crippen molar-refractivity contribution in [3.8, 4) is 5.75 Å². The number of nitrogens with one attached hydrogen (secondary N) is 2. The first-order chi connectivity index (χ1) is 12.7. The fourth-order valence-electron chi connectivity index (χ4n) is 2.65. The van der Waals surface area contributed by atoms with Gasteiger partial charge >= 0.3 is 0 Å². The quantitative estimate of drug-likeness (QED) is 0.715. The summed E-state index contributed by atoms with van der Waals surface area (Å²) in [6, 6.07) is 20.4. The van der Waals surface area contributed by atoms with Crippen LogP contribution in [0, 0.1) is 0 Å². The highest BCUT2D eigenvalue weighted by Gasteiger charge is 2.10. The van der Waals surface area contributed by atoms with Gasteiger partial charge < -0.3 is 15.4 Å². The summed E-state index contributed by atoms with van der Waals surface area (Å²) >= 11 is 0. The van der Waals surface area contributed by atoms with Gasteiger partial charge in [0, 0.05) is 17.8 Å². The number of fused-ring (bicyclic) bond motifs is 1. The van der Waals surface area contributed by atoms with Crippen molar-refractivity contribution in [3.05, 3.63) is 72.3 Å². The third-order valence-corrected chi connectivity index (χ3v) is 3.89. The predicted molar refractivity (Wildman–Crippen MR) is 103 cm³/mol. The van der Waals surface area contributed by atoms with E-state index in [0.29, 0.717) is 23.5 Å². The van der Waals surface area contributed by atoms with Gasteiger partial charge in [0.1, 0.15) is 5.75 Å². The van der Waals surface area contributed by atoms with Crippen molar-refractivity contribution in [3.63, 3.8) is 0 Å². The van der Waals surface area contributed by atoms with Crippen molar-refractivity contribution in [2.45, 2.75) is 6.92 Å². The summed E-state index contributed by atoms with van der Waals surface area (Å²) in [4.78, 5) is 24.0. The van der Waals surface area contributed by atoms with E-state index in [1.165, 1.54) is 0 Å². The summed E-state index contributed by atoms with van der Waals surface area (Å²) in [6.45, 7) is 2.39. The van der Waals surface area contributed by atoms with Gasteiger partial charge in [-0.05, 0) is 48.0 Å². The minimum Gasteiger partial charge on any atom is -0.484 e. The lowest BCUT2D eigenvalue weighted by Gasteiger charge is -2.10. The summed E-state index contributed by atoms with van der Waals surface area (Å²) in [7, 11) is 0. The number of carbonyl (C=O) groups is 2. The van der Waals surface area contributed by atoms with E-state index < -0.39 is 0 Å². The van der Waals surface area contributed by atoms with Gasteiger partial charge in [-0.3, -0.25) is 9.59 Å². The number of carbonyl (C=O) groups excluding carboxylic acids is 2. The summed E-state index contributed by atoms with van der Waals surface area (Å²) in [6.07, 6.45) is 0. The van der Waals surface area contributed by atoms with Gasteiger partial charge in [0.2, 0.25) is 0 Å². The smallest absolute Gasteiger partial charge is 0.257 e. The minimum absolute atomic E-state index is 0.0322. The Kier molecular flexibility index (Phi) is 5.49. The number of likely N-dealkylation sites (N-methyl/N-ethyl adjacent to an activating group) is 1. The number of hydrogen-bond donors (Lipinski definition) is 2. The molecular weight excluding hydrogens is 328 g/mol. The number of hydrogen-bond acceptors (Lipinski definition) is 3. The molecule has 0 aromatic heterocycles. The molecule has 3 rings (SSSR count). The Morgan fingerprint density at radius 2 is 1.65 bits per heavy atom. The molecule has 0 atom stereocenters. The third kappa shape index (κ3) is 4.19. The van der Waals surface area contributed by atoms with E-state index in [-0.39, 0.29) is 18.4 Å². The number of ether oxygens (including phenoxy) is 1. The highest BCUT2D eigenvalue weighted by molar-refractivity contribution is 6.12. The molecule has 26 heavy (non-hydrogen) atoms. The molecule has 2 N–H and O–H groups in total. The van der Waals surface area contributed by atoms with Crippen molar-refractivity contribution >= 4 is 28.3 Å². The average Bonchev–Trinajstić information content (AvgIpc) is 2.67. The van der Waals surface area contributed by atoms with Crippen LogP contribution in [0.5, 0.6) is 5.75 Å². The highest BCUT2D eigenvalue weighted by Crippen LogP contribution is 2.21. The lowest BCUT2D eigenvalue weighted by Crippen LogP contribution is -2.28. The topological polar surface area (TPSA) is 67.4 Å². The monoisotopic (exact) mass is 348 g/mol. The molecule has 0 spiro atoms. The molecule has 0 radical (unpaired) electrons. The molecule has 5 heteroatoms. The average molecular weight is 348 g/mol. The standard InChI is InChI=1S/C21H20N2O3/c1-2-22-20(24)14-26-17-12-10-16(11-13-17)23-21(25)19-9-5-7-15-6-3-4-8-18(15)19/h3-13H,2,14H2,1H3,(H,22,24)(H,23,25). The number of anilines is 1. The molecule has 0 saturated heterocycles. The first-order valence-electron chi connectivity index (χ1n) is 8.46. The van der Waals surface area contributed by atoms with Crippen LogP contribution in [0.2, 0.25) is 0 Å². The van der Waals surface area contributed by atoms with Gasteiger partial charge in [-0.2, -0.15) is 0 Å².